The number of nitrogens with one attached hydrogen (secondary N) is 1. The monoisotopic (exact) mass is 315 g/mol. The van der Waals surface area contributed by atoms with Gasteiger partial charge in [0.15, 0.2) is 18.0 Å². The van der Waals surface area contributed by atoms with Gasteiger partial charge in [0, 0.05) is 7.11 Å². The van der Waals surface area contributed by atoms with E-state index in [-0.39, 0.29) is 5.78 Å². The largest absolute Gasteiger partial charge is 0.452 e. The predicted molar refractivity (Wildman–Crippen MR) is 87.9 cm³/mol. The van der Waals surface area contributed by atoms with E-state index in [9.17, 15) is 9.59 Å². The molecule has 0 bridgehead atoms. The lowest BCUT2D eigenvalue weighted by molar-refractivity contribution is -0.165. The molecule has 0 saturated heterocycles. The first-order valence-electron chi connectivity index (χ1n) is 8.45. The van der Waals surface area contributed by atoms with E-state index in [1.165, 1.54) is 39.7 Å². The summed E-state index contributed by atoms with van der Waals surface area (Å²) in [4.78, 5) is 23.7. The van der Waals surface area contributed by atoms with Crippen molar-refractivity contribution in [2.45, 2.75) is 77.4 Å². The van der Waals surface area contributed by atoms with Crippen LogP contribution in [0.4, 0.5) is 0 Å². The minimum atomic E-state index is -0.633. The van der Waals surface area contributed by atoms with Gasteiger partial charge in [0.25, 0.3) is 0 Å². The van der Waals surface area contributed by atoms with Crippen LogP contribution in [0, 0.1) is 0 Å². The predicted octanol–water partition coefficient (Wildman–Crippen LogP) is 2.86. The summed E-state index contributed by atoms with van der Waals surface area (Å²) >= 11 is 0. The number of carbonyl (C=O) groups excluding carboxylic acids is 2. The molecule has 0 aromatic heterocycles. The Labute approximate surface area is 135 Å². The van der Waals surface area contributed by atoms with Crippen molar-refractivity contribution < 1.29 is 19.1 Å². The van der Waals surface area contributed by atoms with Gasteiger partial charge < -0.3 is 14.8 Å². The number of rotatable bonds is 14. The second kappa shape index (κ2) is 13.7. The van der Waals surface area contributed by atoms with Gasteiger partial charge in [0.2, 0.25) is 0 Å². The molecule has 0 unspecified atom stereocenters. The Hall–Kier alpha value is -0.940. The molecule has 0 fully saturated rings. The second-order valence-corrected chi connectivity index (χ2v) is 5.71. The zero-order valence-electron chi connectivity index (χ0n) is 14.7. The maximum Gasteiger partial charge on any atom is 0.335 e. The maximum atomic E-state index is 12.0. The summed E-state index contributed by atoms with van der Waals surface area (Å²) in [5.41, 5.74) is 0. The fourth-order valence-electron chi connectivity index (χ4n) is 2.28. The molecule has 0 aliphatic rings. The minimum Gasteiger partial charge on any atom is -0.452 e. The third-order valence-electron chi connectivity index (χ3n) is 3.74. The molecule has 1 N–H and O–H groups in total. The van der Waals surface area contributed by atoms with E-state index >= 15 is 0 Å². The summed E-state index contributed by atoms with van der Waals surface area (Å²) < 4.78 is 10.5. The van der Waals surface area contributed by atoms with Crippen LogP contribution in [-0.4, -0.2) is 44.7 Å². The van der Waals surface area contributed by atoms with Gasteiger partial charge in [-0.05, 0) is 39.8 Å². The van der Waals surface area contributed by atoms with Crippen molar-refractivity contribution in [3.05, 3.63) is 0 Å². The minimum absolute atomic E-state index is 0.0922. The van der Waals surface area contributed by atoms with E-state index in [0.29, 0.717) is 19.4 Å². The van der Waals surface area contributed by atoms with Crippen molar-refractivity contribution in [1.82, 2.24) is 5.32 Å². The Morgan fingerprint density at radius 2 is 1.64 bits per heavy atom. The van der Waals surface area contributed by atoms with Gasteiger partial charge in [-0.1, -0.05) is 39.0 Å². The van der Waals surface area contributed by atoms with E-state index in [2.05, 4.69) is 12.2 Å². The van der Waals surface area contributed by atoms with E-state index in [4.69, 9.17) is 9.47 Å². The standard InChI is InChI=1S/C17H33NO4/c1-5-6-7-8-9-10-11-15(14(2)19)22-17(20)16(21-4)12-13-18-3/h15-16,18H,5-13H2,1-4H3/t15-,16-/m0/s1. The number of ketones is 1. The molecule has 0 spiro atoms. The summed E-state index contributed by atoms with van der Waals surface area (Å²) in [5, 5.41) is 2.97. The Balaban J connectivity index is 4.16. The number of unbranched alkanes of at least 4 members (excludes halogenated alkanes) is 5. The third kappa shape index (κ3) is 9.90. The molecule has 5 heteroatoms. The molecule has 5 nitrogen and oxygen atoms in total. The van der Waals surface area contributed by atoms with E-state index in [1.54, 1.807) is 0 Å². The zero-order valence-corrected chi connectivity index (χ0v) is 14.7. The normalized spacial score (nSPS) is 13.6. The summed E-state index contributed by atoms with van der Waals surface area (Å²) in [5.74, 6) is -0.533. The van der Waals surface area contributed by atoms with Crippen LogP contribution in [0.5, 0.6) is 0 Å². The Kier molecular flexibility index (Phi) is 13.1. The molecule has 0 rings (SSSR count). The van der Waals surface area contributed by atoms with Gasteiger partial charge in [0.1, 0.15) is 0 Å². The Morgan fingerprint density at radius 3 is 2.18 bits per heavy atom. The third-order valence-corrected chi connectivity index (χ3v) is 3.74. The zero-order chi connectivity index (χ0) is 16.8. The first kappa shape index (κ1) is 21.1. The number of Topliss-reactive ketones (excluding diaryl/α,β-unsaturated/α-hetero) is 1. The highest BCUT2D eigenvalue weighted by atomic mass is 16.6. The molecule has 0 amide bonds. The van der Waals surface area contributed by atoms with Crippen LogP contribution in [0.1, 0.15) is 65.2 Å². The molecule has 0 aliphatic carbocycles. The molecule has 0 radical (unpaired) electrons. The fourth-order valence-corrected chi connectivity index (χ4v) is 2.28. The molecule has 130 valence electrons. The Bertz CT molecular complexity index is 307. The summed E-state index contributed by atoms with van der Waals surface area (Å²) in [6.07, 6.45) is 6.77. The highest BCUT2D eigenvalue weighted by Crippen LogP contribution is 2.13. The van der Waals surface area contributed by atoms with Crippen LogP contribution in [0.3, 0.4) is 0 Å². The molecule has 22 heavy (non-hydrogen) atoms. The van der Waals surface area contributed by atoms with E-state index in [1.807, 2.05) is 7.05 Å². The van der Waals surface area contributed by atoms with Crippen LogP contribution in [0.2, 0.25) is 0 Å². The number of hydrogen-bond donors (Lipinski definition) is 1. The molecule has 0 aliphatic heterocycles. The van der Waals surface area contributed by atoms with Crippen LogP contribution < -0.4 is 5.32 Å². The fraction of sp³-hybridized carbons (Fsp3) is 0.882. The summed E-state index contributed by atoms with van der Waals surface area (Å²) in [7, 11) is 3.30. The van der Waals surface area contributed by atoms with Crippen molar-refractivity contribution in [2.75, 3.05) is 20.7 Å². The van der Waals surface area contributed by atoms with Crippen LogP contribution in [0.25, 0.3) is 0 Å². The van der Waals surface area contributed by atoms with Gasteiger partial charge in [-0.25, -0.2) is 4.79 Å². The average molecular weight is 315 g/mol. The van der Waals surface area contributed by atoms with Gasteiger partial charge in [-0.3, -0.25) is 4.79 Å². The number of carbonyl (C=O) groups is 2. The Morgan fingerprint density at radius 1 is 1.00 bits per heavy atom. The number of esters is 1. The first-order chi connectivity index (χ1) is 10.6. The number of hydrogen-bond acceptors (Lipinski definition) is 5. The number of methoxy groups -OCH3 is 1. The molecule has 0 aromatic rings. The van der Waals surface area contributed by atoms with Gasteiger partial charge >= 0.3 is 5.97 Å². The van der Waals surface area contributed by atoms with E-state index < -0.39 is 18.2 Å². The van der Waals surface area contributed by atoms with Crippen molar-refractivity contribution >= 4 is 11.8 Å². The molecule has 0 aromatic carbocycles. The maximum absolute atomic E-state index is 12.0. The SMILES string of the molecule is CCCCCCCC[C@H](OC(=O)[C@H](CCNC)OC)C(C)=O. The quantitative estimate of drug-likeness (QED) is 0.394. The molecule has 2 atom stereocenters. The average Bonchev–Trinajstić information content (AvgIpc) is 2.50. The van der Waals surface area contributed by atoms with Gasteiger partial charge in [0.05, 0.1) is 0 Å². The molecule has 0 saturated carbocycles. The topological polar surface area (TPSA) is 64.6 Å². The highest BCUT2D eigenvalue weighted by Gasteiger charge is 2.25. The van der Waals surface area contributed by atoms with Crippen molar-refractivity contribution in [1.29, 1.82) is 0 Å². The highest BCUT2D eigenvalue weighted by molar-refractivity contribution is 5.84. The van der Waals surface area contributed by atoms with Gasteiger partial charge in [-0.15, -0.1) is 0 Å². The lowest BCUT2D eigenvalue weighted by Crippen LogP contribution is -2.34. The lowest BCUT2D eigenvalue weighted by atomic mass is 10.1. The van der Waals surface area contributed by atoms with Gasteiger partial charge in [-0.2, -0.15) is 0 Å². The lowest BCUT2D eigenvalue weighted by Gasteiger charge is -2.19. The molecular weight excluding hydrogens is 282 g/mol. The van der Waals surface area contributed by atoms with Crippen molar-refractivity contribution in [3.63, 3.8) is 0 Å². The van der Waals surface area contributed by atoms with Crippen molar-refractivity contribution in [3.8, 4) is 0 Å². The molecule has 0 heterocycles. The second-order valence-electron chi connectivity index (χ2n) is 5.71. The smallest absolute Gasteiger partial charge is 0.335 e. The first-order valence-corrected chi connectivity index (χ1v) is 8.45. The summed E-state index contributed by atoms with van der Waals surface area (Å²) in [6, 6.07) is 0. The van der Waals surface area contributed by atoms with E-state index in [0.717, 1.165) is 12.8 Å². The van der Waals surface area contributed by atoms with Crippen molar-refractivity contribution in [2.24, 2.45) is 0 Å². The van der Waals surface area contributed by atoms with Crippen LogP contribution in [0.15, 0.2) is 0 Å². The molecular formula is C17H33NO4. The van der Waals surface area contributed by atoms with Crippen LogP contribution >= 0.6 is 0 Å². The summed E-state index contributed by atoms with van der Waals surface area (Å²) in [6.45, 7) is 4.33. The number of ether oxygens (including phenoxy) is 2. The van der Waals surface area contributed by atoms with Crippen LogP contribution in [-0.2, 0) is 19.1 Å².